The minimum atomic E-state index is -4.57. The Morgan fingerprint density at radius 2 is 1.65 bits per heavy atom. The minimum absolute atomic E-state index is 0.412. The number of aliphatic hydroxyl groups excluding tert-OH is 1. The number of benzene rings is 2. The second kappa shape index (κ2) is 4.37. The van der Waals surface area contributed by atoms with Crippen molar-refractivity contribution in [3.05, 3.63) is 48.0 Å². The van der Waals surface area contributed by atoms with Gasteiger partial charge >= 0.3 is 6.18 Å². The van der Waals surface area contributed by atoms with E-state index in [4.69, 9.17) is 5.11 Å². The lowest BCUT2D eigenvalue weighted by Crippen LogP contribution is -2.30. The van der Waals surface area contributed by atoms with Crippen molar-refractivity contribution in [3.63, 3.8) is 0 Å². The van der Waals surface area contributed by atoms with Gasteiger partial charge in [0.15, 0.2) is 6.10 Å². The molecule has 1 atom stereocenters. The molecule has 0 aliphatic carbocycles. The maximum absolute atomic E-state index is 12.3. The summed E-state index contributed by atoms with van der Waals surface area (Å²) < 4.78 is 36.9. The van der Waals surface area contributed by atoms with Crippen LogP contribution in [-0.2, 0) is 6.42 Å². The fourth-order valence-electron chi connectivity index (χ4n) is 1.79. The second-order valence-electron chi connectivity index (χ2n) is 3.90. The van der Waals surface area contributed by atoms with Gasteiger partial charge < -0.3 is 5.11 Å². The van der Waals surface area contributed by atoms with Gasteiger partial charge in [0.1, 0.15) is 0 Å². The van der Waals surface area contributed by atoms with Crippen molar-refractivity contribution >= 4 is 10.8 Å². The van der Waals surface area contributed by atoms with Gasteiger partial charge in [0, 0.05) is 6.42 Å². The number of hydrogen-bond acceptors (Lipinski definition) is 1. The van der Waals surface area contributed by atoms with Crippen LogP contribution >= 0.6 is 0 Å². The summed E-state index contributed by atoms with van der Waals surface area (Å²) in [7, 11) is 0. The molecule has 0 saturated heterocycles. The molecule has 90 valence electrons. The number of hydrogen-bond donors (Lipinski definition) is 1. The zero-order chi connectivity index (χ0) is 12.5. The molecule has 17 heavy (non-hydrogen) atoms. The molecule has 4 heteroatoms. The quantitative estimate of drug-likeness (QED) is 0.853. The van der Waals surface area contributed by atoms with Gasteiger partial charge in [0.25, 0.3) is 0 Å². The summed E-state index contributed by atoms with van der Waals surface area (Å²) in [5.74, 6) is 0. The van der Waals surface area contributed by atoms with Gasteiger partial charge in [-0.25, -0.2) is 0 Å². The lowest BCUT2D eigenvalue weighted by molar-refractivity contribution is -0.202. The largest absolute Gasteiger partial charge is 0.414 e. The molecule has 0 radical (unpaired) electrons. The third-order valence-corrected chi connectivity index (χ3v) is 2.67. The predicted octanol–water partition coefficient (Wildman–Crippen LogP) is 3.31. The average Bonchev–Trinajstić information content (AvgIpc) is 2.28. The first-order valence-corrected chi connectivity index (χ1v) is 5.20. The highest BCUT2D eigenvalue weighted by atomic mass is 19.4. The maximum atomic E-state index is 12.3. The van der Waals surface area contributed by atoms with E-state index in [0.717, 1.165) is 10.8 Å². The van der Waals surface area contributed by atoms with Crippen molar-refractivity contribution < 1.29 is 18.3 Å². The van der Waals surface area contributed by atoms with Crippen LogP contribution in [0.5, 0.6) is 0 Å². The summed E-state index contributed by atoms with van der Waals surface area (Å²) in [6, 6.07) is 12.3. The number of halogens is 3. The Hall–Kier alpha value is -1.55. The summed E-state index contributed by atoms with van der Waals surface area (Å²) >= 11 is 0. The monoisotopic (exact) mass is 240 g/mol. The van der Waals surface area contributed by atoms with Crippen molar-refractivity contribution in [3.8, 4) is 0 Å². The summed E-state index contributed by atoms with van der Waals surface area (Å²) in [6.45, 7) is 0. The topological polar surface area (TPSA) is 20.2 Å². The average molecular weight is 240 g/mol. The standard InChI is InChI=1S/C13H11F3O/c14-13(15,16)12(17)8-10-6-3-5-9-4-1-2-7-11(9)10/h1-7,12,17H,8H2/t12-/m0/s1. The van der Waals surface area contributed by atoms with E-state index in [9.17, 15) is 13.2 Å². The number of alkyl halides is 3. The maximum Gasteiger partial charge on any atom is 0.414 e. The van der Waals surface area contributed by atoms with Crippen LogP contribution in [0.4, 0.5) is 13.2 Å². The summed E-state index contributed by atoms with van der Waals surface area (Å²) in [4.78, 5) is 0. The van der Waals surface area contributed by atoms with E-state index in [-0.39, 0.29) is 0 Å². The molecule has 0 heterocycles. The Labute approximate surface area is 96.5 Å². The van der Waals surface area contributed by atoms with Crippen LogP contribution in [0, 0.1) is 0 Å². The molecule has 0 fully saturated rings. The summed E-state index contributed by atoms with van der Waals surface area (Å²) in [5, 5.41) is 10.7. The van der Waals surface area contributed by atoms with Crippen LogP contribution < -0.4 is 0 Å². The summed E-state index contributed by atoms with van der Waals surface area (Å²) in [5.41, 5.74) is 0.507. The number of aliphatic hydroxyl groups is 1. The molecule has 0 aliphatic heterocycles. The minimum Gasteiger partial charge on any atom is -0.383 e. The van der Waals surface area contributed by atoms with Crippen molar-refractivity contribution in [2.24, 2.45) is 0 Å². The Morgan fingerprint density at radius 1 is 1.00 bits per heavy atom. The van der Waals surface area contributed by atoms with Crippen LogP contribution in [0.15, 0.2) is 42.5 Å². The Balaban J connectivity index is 2.36. The first-order valence-electron chi connectivity index (χ1n) is 5.20. The lowest BCUT2D eigenvalue weighted by Gasteiger charge is -2.15. The predicted molar refractivity (Wildman–Crippen MR) is 59.7 cm³/mol. The molecule has 0 saturated carbocycles. The van der Waals surface area contributed by atoms with Gasteiger partial charge in [-0.3, -0.25) is 0 Å². The van der Waals surface area contributed by atoms with Crippen molar-refractivity contribution in [2.75, 3.05) is 0 Å². The fraction of sp³-hybridized carbons (Fsp3) is 0.231. The normalized spacial score (nSPS) is 13.9. The van der Waals surface area contributed by atoms with Gasteiger partial charge in [0.2, 0.25) is 0 Å². The molecule has 0 spiro atoms. The SMILES string of the molecule is O[C@@H](Cc1cccc2ccccc12)C(F)(F)F. The van der Waals surface area contributed by atoms with E-state index < -0.39 is 18.7 Å². The molecule has 1 N–H and O–H groups in total. The highest BCUT2D eigenvalue weighted by Gasteiger charge is 2.38. The Bertz CT molecular complexity index is 514. The van der Waals surface area contributed by atoms with Crippen molar-refractivity contribution in [2.45, 2.75) is 18.7 Å². The van der Waals surface area contributed by atoms with Gasteiger partial charge in [-0.15, -0.1) is 0 Å². The van der Waals surface area contributed by atoms with E-state index in [1.807, 2.05) is 18.2 Å². The second-order valence-corrected chi connectivity index (χ2v) is 3.90. The van der Waals surface area contributed by atoms with E-state index in [1.54, 1.807) is 24.3 Å². The molecule has 1 nitrogen and oxygen atoms in total. The molecular weight excluding hydrogens is 229 g/mol. The van der Waals surface area contributed by atoms with Crippen LogP contribution in [0.1, 0.15) is 5.56 Å². The van der Waals surface area contributed by atoms with Crippen molar-refractivity contribution in [1.82, 2.24) is 0 Å². The van der Waals surface area contributed by atoms with Gasteiger partial charge in [-0.2, -0.15) is 13.2 Å². The van der Waals surface area contributed by atoms with Gasteiger partial charge in [-0.1, -0.05) is 42.5 Å². The highest BCUT2D eigenvalue weighted by Crippen LogP contribution is 2.26. The molecule has 2 rings (SSSR count). The third kappa shape index (κ3) is 2.58. The zero-order valence-electron chi connectivity index (χ0n) is 8.91. The first-order chi connectivity index (χ1) is 7.98. The Morgan fingerprint density at radius 3 is 2.35 bits per heavy atom. The van der Waals surface area contributed by atoms with Crippen LogP contribution in [0.3, 0.4) is 0 Å². The molecule has 2 aromatic rings. The first kappa shape index (κ1) is 11.9. The van der Waals surface area contributed by atoms with E-state index in [2.05, 4.69) is 0 Å². The van der Waals surface area contributed by atoms with Gasteiger partial charge in [0.05, 0.1) is 0 Å². The number of rotatable bonds is 2. The molecule has 0 unspecified atom stereocenters. The van der Waals surface area contributed by atoms with Gasteiger partial charge in [-0.05, 0) is 16.3 Å². The lowest BCUT2D eigenvalue weighted by atomic mass is 10.00. The van der Waals surface area contributed by atoms with Crippen molar-refractivity contribution in [1.29, 1.82) is 0 Å². The van der Waals surface area contributed by atoms with E-state index >= 15 is 0 Å². The Kier molecular flexibility index (Phi) is 3.07. The van der Waals surface area contributed by atoms with Crippen LogP contribution in [0.25, 0.3) is 10.8 Å². The number of fused-ring (bicyclic) bond motifs is 1. The van der Waals surface area contributed by atoms with E-state index in [0.29, 0.717) is 5.56 Å². The fourth-order valence-corrected chi connectivity index (χ4v) is 1.79. The third-order valence-electron chi connectivity index (χ3n) is 2.67. The summed E-state index contributed by atoms with van der Waals surface area (Å²) in [6.07, 6.45) is -7.30. The molecule has 0 bridgehead atoms. The zero-order valence-corrected chi connectivity index (χ0v) is 8.91. The van der Waals surface area contributed by atoms with Crippen LogP contribution in [0.2, 0.25) is 0 Å². The molecule has 2 aromatic carbocycles. The molecular formula is C13H11F3O. The molecule has 0 aliphatic rings. The van der Waals surface area contributed by atoms with Crippen LogP contribution in [-0.4, -0.2) is 17.4 Å². The molecule has 0 aromatic heterocycles. The smallest absolute Gasteiger partial charge is 0.383 e. The molecule has 0 amide bonds. The van der Waals surface area contributed by atoms with E-state index in [1.165, 1.54) is 0 Å². The highest BCUT2D eigenvalue weighted by molar-refractivity contribution is 5.85.